The summed E-state index contributed by atoms with van der Waals surface area (Å²) in [5, 5.41) is 5.91. The van der Waals surface area contributed by atoms with Crippen LogP contribution in [0.25, 0.3) is 78.1 Å². The van der Waals surface area contributed by atoms with Crippen LogP contribution in [0.2, 0.25) is 0 Å². The molecule has 12 rings (SSSR count). The van der Waals surface area contributed by atoms with Gasteiger partial charge in [-0.2, -0.15) is 0 Å². The zero-order valence-electron chi connectivity index (χ0n) is 39.0. The van der Waals surface area contributed by atoms with Crippen molar-refractivity contribution in [2.45, 2.75) is 6.42 Å². The van der Waals surface area contributed by atoms with Gasteiger partial charge >= 0.3 is 0 Å². The Balaban J connectivity index is 0.935. The summed E-state index contributed by atoms with van der Waals surface area (Å²) in [4.78, 5) is 4.68. The van der Waals surface area contributed by atoms with E-state index in [0.29, 0.717) is 0 Å². The molecule has 4 heteroatoms. The molecule has 0 unspecified atom stereocenters. The third-order valence-electron chi connectivity index (χ3n) is 13.2. The van der Waals surface area contributed by atoms with Crippen LogP contribution in [-0.4, -0.2) is 0 Å². The molecule has 338 valence electrons. The highest BCUT2D eigenvalue weighted by Gasteiger charge is 2.21. The van der Waals surface area contributed by atoms with Gasteiger partial charge in [-0.05, 0) is 147 Å². The summed E-state index contributed by atoms with van der Waals surface area (Å²) in [5.41, 5.74) is 13.9. The fraction of sp³-hybridized carbons (Fsp3) is 0.0149. The fourth-order valence-electron chi connectivity index (χ4n) is 9.74. The van der Waals surface area contributed by atoms with Gasteiger partial charge in [-0.15, -0.1) is 11.3 Å². The Morgan fingerprint density at radius 3 is 1.65 bits per heavy atom. The number of para-hydroxylation sites is 3. The Bertz CT molecular complexity index is 3930. The topological polar surface area (TPSA) is 19.6 Å². The maximum absolute atomic E-state index is 6.81. The third kappa shape index (κ3) is 8.85. The quantitative estimate of drug-likeness (QED) is 0.122. The van der Waals surface area contributed by atoms with E-state index in [2.05, 4.69) is 283 Å². The van der Waals surface area contributed by atoms with Gasteiger partial charge in [-0.25, -0.2) is 0 Å². The van der Waals surface area contributed by atoms with Gasteiger partial charge < -0.3 is 14.2 Å². The number of hydrogen-bond donors (Lipinski definition) is 0. The first kappa shape index (κ1) is 43.3. The monoisotopic (exact) mass is 928 g/mol. The zero-order valence-corrected chi connectivity index (χ0v) is 39.8. The molecule has 0 saturated heterocycles. The highest BCUT2D eigenvalue weighted by atomic mass is 32.1. The van der Waals surface area contributed by atoms with Crippen LogP contribution in [-0.2, 0) is 6.42 Å². The molecule has 0 saturated carbocycles. The molecule has 0 N–H and O–H groups in total. The minimum atomic E-state index is 0.790. The number of fused-ring (bicyclic) bond motifs is 4. The van der Waals surface area contributed by atoms with Crippen LogP contribution in [0.4, 0.5) is 34.1 Å². The van der Waals surface area contributed by atoms with Crippen molar-refractivity contribution in [2.75, 3.05) is 9.80 Å². The molecule has 0 aliphatic rings. The first-order valence-corrected chi connectivity index (χ1v) is 24.9. The van der Waals surface area contributed by atoms with E-state index in [0.717, 1.165) is 79.2 Å². The second kappa shape index (κ2) is 19.2. The van der Waals surface area contributed by atoms with Crippen LogP contribution < -0.4 is 19.6 Å². The summed E-state index contributed by atoms with van der Waals surface area (Å²) in [5.74, 6) is 0.797. The van der Waals surface area contributed by atoms with Crippen LogP contribution >= 0.6 is 11.3 Å². The smallest absolute Gasteiger partial charge is 0.135 e. The summed E-state index contributed by atoms with van der Waals surface area (Å²) in [6.45, 7) is 4.50. The van der Waals surface area contributed by atoms with E-state index in [1.807, 2.05) is 0 Å². The van der Waals surface area contributed by atoms with Crippen LogP contribution in [0, 0.1) is 0 Å². The number of hydrogen-bond acceptors (Lipinski definition) is 4. The predicted molar refractivity (Wildman–Crippen MR) is 303 cm³/mol. The zero-order chi connectivity index (χ0) is 47.5. The van der Waals surface area contributed by atoms with Gasteiger partial charge in [0, 0.05) is 59.7 Å². The van der Waals surface area contributed by atoms with E-state index < -0.39 is 0 Å². The van der Waals surface area contributed by atoms with Crippen molar-refractivity contribution in [3.8, 4) is 33.6 Å². The lowest BCUT2D eigenvalue weighted by Crippen LogP contribution is -2.15. The van der Waals surface area contributed by atoms with Crippen molar-refractivity contribution in [2.24, 2.45) is 0 Å². The number of nitrogens with zero attached hydrogens (tertiary/aromatic N) is 2. The number of anilines is 6. The molecule has 0 aliphatic heterocycles. The molecule has 71 heavy (non-hydrogen) atoms. The molecular formula is C67H48N2OS. The van der Waals surface area contributed by atoms with E-state index in [1.54, 1.807) is 11.3 Å². The fourth-order valence-corrected chi connectivity index (χ4v) is 10.8. The lowest BCUT2D eigenvalue weighted by Gasteiger charge is -2.30. The van der Waals surface area contributed by atoms with E-state index >= 15 is 0 Å². The molecule has 3 nitrogen and oxygen atoms in total. The first-order chi connectivity index (χ1) is 35.1. The standard InChI is InChI=1S/C67H48N2OS/c1-47-65(71-66-40-38-52-22-15-16-31-62(52)67(47)66)32-17-14-19-48-33-39-63-54(41-48)45-64(70-63)55-43-60(68(56-24-8-3-9-25-56)57-26-10-4-11-27-57)46-61(44-55)69(58-28-12-5-13-29-58)59-30-18-23-53(42-59)51-36-34-50(35-37-51)49-20-6-2-7-21-49/h2-18,20-46H,1,19H2/b17-14-,65-32+. The van der Waals surface area contributed by atoms with E-state index in [-0.39, 0.29) is 0 Å². The van der Waals surface area contributed by atoms with Crippen molar-refractivity contribution >= 4 is 89.9 Å². The Labute approximate surface area is 418 Å². The van der Waals surface area contributed by atoms with Gasteiger partial charge in [0.15, 0.2) is 0 Å². The van der Waals surface area contributed by atoms with Crippen molar-refractivity contribution in [3.05, 3.63) is 276 Å². The number of allylic oxidation sites excluding steroid dienone is 2. The summed E-state index contributed by atoms with van der Waals surface area (Å²) in [6.07, 6.45) is 7.39. The first-order valence-electron chi connectivity index (χ1n) is 24.0. The molecule has 0 bridgehead atoms. The van der Waals surface area contributed by atoms with E-state index in [9.17, 15) is 0 Å². The van der Waals surface area contributed by atoms with Crippen molar-refractivity contribution in [1.29, 1.82) is 0 Å². The van der Waals surface area contributed by atoms with Gasteiger partial charge in [0.05, 0.1) is 0 Å². The number of benzene rings is 10. The number of rotatable bonds is 12. The normalized spacial score (nSPS) is 11.8. The predicted octanol–water partition coefficient (Wildman–Crippen LogP) is 17.7. The van der Waals surface area contributed by atoms with Gasteiger partial charge in [0.25, 0.3) is 0 Å². The molecule has 2 heterocycles. The number of furan rings is 1. The molecule has 0 fully saturated rings. The van der Waals surface area contributed by atoms with Crippen molar-refractivity contribution in [1.82, 2.24) is 0 Å². The van der Waals surface area contributed by atoms with Crippen LogP contribution in [0.5, 0.6) is 0 Å². The minimum absolute atomic E-state index is 0.790. The average molecular weight is 929 g/mol. The highest BCUT2D eigenvalue weighted by molar-refractivity contribution is 7.17. The van der Waals surface area contributed by atoms with Crippen molar-refractivity contribution < 1.29 is 4.42 Å². The Kier molecular flexibility index (Phi) is 11.7. The summed E-state index contributed by atoms with van der Waals surface area (Å²) in [7, 11) is 0. The number of thiophene rings is 1. The second-order valence-electron chi connectivity index (χ2n) is 17.8. The molecule has 12 aromatic rings. The molecule has 0 amide bonds. The Morgan fingerprint density at radius 1 is 0.423 bits per heavy atom. The molecule has 0 radical (unpaired) electrons. The molecule has 10 aromatic carbocycles. The van der Waals surface area contributed by atoms with Gasteiger partial charge in [-0.3, -0.25) is 0 Å². The van der Waals surface area contributed by atoms with Crippen molar-refractivity contribution in [3.63, 3.8) is 0 Å². The van der Waals surface area contributed by atoms with Crippen LogP contribution in [0.3, 0.4) is 0 Å². The second-order valence-corrected chi connectivity index (χ2v) is 18.9. The Morgan fingerprint density at radius 2 is 0.972 bits per heavy atom. The SMILES string of the molecule is C=c1/c(=C\C=C/Cc2ccc3oc(-c4cc(N(c5ccccc5)c5ccccc5)cc(N(c5ccccc5)c5cccc(-c6ccc(-c7ccccc7)cc6)c5)c4)cc3c2)sc2ccc3ccccc3c12. The average Bonchev–Trinajstić information content (AvgIpc) is 4.01. The van der Waals surface area contributed by atoms with Crippen LogP contribution in [0.15, 0.2) is 265 Å². The minimum Gasteiger partial charge on any atom is -0.456 e. The highest BCUT2D eigenvalue weighted by Crippen LogP contribution is 2.44. The molecular weight excluding hydrogens is 881 g/mol. The van der Waals surface area contributed by atoms with E-state index in [1.165, 1.54) is 42.1 Å². The lowest BCUT2D eigenvalue weighted by molar-refractivity contribution is 0.631. The lowest BCUT2D eigenvalue weighted by atomic mass is 9.99. The van der Waals surface area contributed by atoms with Gasteiger partial charge in [0.1, 0.15) is 11.3 Å². The van der Waals surface area contributed by atoms with E-state index in [4.69, 9.17) is 4.42 Å². The Hall–Kier alpha value is -8.96. The van der Waals surface area contributed by atoms with Crippen LogP contribution in [0.1, 0.15) is 5.56 Å². The summed E-state index contributed by atoms with van der Waals surface area (Å²) < 4.78 is 9.27. The molecule has 0 aliphatic carbocycles. The van der Waals surface area contributed by atoms with Gasteiger partial charge in [0.2, 0.25) is 0 Å². The maximum atomic E-state index is 6.81. The maximum Gasteiger partial charge on any atom is 0.135 e. The largest absolute Gasteiger partial charge is 0.456 e. The molecule has 0 atom stereocenters. The van der Waals surface area contributed by atoms with Gasteiger partial charge in [-0.1, -0.05) is 176 Å². The summed E-state index contributed by atoms with van der Waals surface area (Å²) >= 11 is 1.80. The summed E-state index contributed by atoms with van der Waals surface area (Å²) in [6, 6.07) is 88.6. The molecule has 0 spiro atoms. The third-order valence-corrected chi connectivity index (χ3v) is 14.4. The molecule has 2 aromatic heterocycles.